The predicted molar refractivity (Wildman–Crippen MR) is 95.0 cm³/mol. The van der Waals surface area contributed by atoms with Gasteiger partial charge in [-0.3, -0.25) is 14.4 Å². The van der Waals surface area contributed by atoms with Crippen LogP contribution in [0, 0.1) is 17.3 Å². The lowest BCUT2D eigenvalue weighted by Crippen LogP contribution is -2.59. The van der Waals surface area contributed by atoms with Gasteiger partial charge in [0.1, 0.15) is 6.04 Å². The lowest BCUT2D eigenvalue weighted by molar-refractivity contribution is -0.145. The second-order valence-corrected chi connectivity index (χ2v) is 9.06. The molecule has 0 aromatic carbocycles. The van der Waals surface area contributed by atoms with E-state index < -0.39 is 11.5 Å². The highest BCUT2D eigenvalue weighted by molar-refractivity contribution is 6.24. The molecular formula is C18H28ClN3O3. The molecule has 0 saturated heterocycles. The third-order valence-corrected chi connectivity index (χ3v) is 6.44. The molecule has 0 radical (unpaired) electrons. The van der Waals surface area contributed by atoms with Gasteiger partial charge in [-0.2, -0.15) is 0 Å². The minimum atomic E-state index is -0.616. The minimum absolute atomic E-state index is 0.0487. The lowest BCUT2D eigenvalue weighted by Gasteiger charge is -2.59. The van der Waals surface area contributed by atoms with E-state index in [9.17, 15) is 14.4 Å². The summed E-state index contributed by atoms with van der Waals surface area (Å²) in [6.45, 7) is 3.86. The molecule has 3 atom stereocenters. The molecule has 0 aromatic heterocycles. The highest BCUT2D eigenvalue weighted by atomic mass is 35.5. The van der Waals surface area contributed by atoms with Gasteiger partial charge >= 0.3 is 0 Å². The van der Waals surface area contributed by atoms with Crippen LogP contribution in [-0.2, 0) is 14.4 Å². The Kier molecular flexibility index (Phi) is 5.02. The first-order valence-electron chi connectivity index (χ1n) is 9.29. The number of alkyl halides is 1. The van der Waals surface area contributed by atoms with Crippen molar-refractivity contribution in [3.8, 4) is 0 Å². The third-order valence-electron chi connectivity index (χ3n) is 6.00. The molecule has 7 heteroatoms. The van der Waals surface area contributed by atoms with Crippen molar-refractivity contribution in [3.63, 3.8) is 0 Å². The molecule has 4 saturated carbocycles. The van der Waals surface area contributed by atoms with Crippen LogP contribution in [0.3, 0.4) is 0 Å². The first-order valence-corrected chi connectivity index (χ1v) is 9.67. The second-order valence-electron chi connectivity index (χ2n) is 8.26. The quantitative estimate of drug-likeness (QED) is 0.617. The van der Waals surface area contributed by atoms with Gasteiger partial charge in [0.05, 0.1) is 12.0 Å². The molecule has 0 heterocycles. The molecule has 0 unspecified atom stereocenters. The van der Waals surface area contributed by atoms with Crippen LogP contribution < -0.4 is 16.0 Å². The van der Waals surface area contributed by atoms with E-state index in [0.717, 1.165) is 32.1 Å². The van der Waals surface area contributed by atoms with Crippen LogP contribution in [0.4, 0.5) is 0 Å². The average Bonchev–Trinajstić information content (AvgIpc) is 2.50. The normalized spacial score (nSPS) is 36.6. The summed E-state index contributed by atoms with van der Waals surface area (Å²) in [7, 11) is 0. The summed E-state index contributed by atoms with van der Waals surface area (Å²) in [5.74, 6) is 0.448. The Labute approximate surface area is 153 Å². The molecule has 3 N–H and O–H groups in total. The fourth-order valence-corrected chi connectivity index (χ4v) is 6.14. The molecule has 25 heavy (non-hydrogen) atoms. The van der Waals surface area contributed by atoms with E-state index in [-0.39, 0.29) is 29.1 Å². The van der Waals surface area contributed by atoms with E-state index in [1.54, 1.807) is 6.92 Å². The maximum Gasteiger partial charge on any atom is 0.242 e. The highest BCUT2D eigenvalue weighted by Gasteiger charge is 2.60. The summed E-state index contributed by atoms with van der Waals surface area (Å²) in [5, 5.41) is 8.05. The Hall–Kier alpha value is -1.30. The first-order chi connectivity index (χ1) is 11.8. The molecule has 4 fully saturated rings. The Morgan fingerprint density at radius 2 is 1.76 bits per heavy atom. The molecule has 3 amide bonds. The van der Waals surface area contributed by atoms with Crippen molar-refractivity contribution >= 4 is 29.3 Å². The number of rotatable bonds is 6. The molecular weight excluding hydrogens is 342 g/mol. The summed E-state index contributed by atoms with van der Waals surface area (Å²) in [5.41, 5.74) is -0.405. The van der Waals surface area contributed by atoms with Crippen molar-refractivity contribution in [1.82, 2.24) is 16.0 Å². The van der Waals surface area contributed by atoms with Gasteiger partial charge in [-0.15, -0.1) is 11.6 Å². The van der Waals surface area contributed by atoms with Crippen LogP contribution in [0.15, 0.2) is 0 Å². The van der Waals surface area contributed by atoms with Gasteiger partial charge in [0.25, 0.3) is 0 Å². The van der Waals surface area contributed by atoms with E-state index in [1.807, 2.05) is 6.92 Å². The van der Waals surface area contributed by atoms with E-state index in [1.165, 1.54) is 6.42 Å². The SMILES string of the molecule is CCNC(=O)[C@H](C)NC(=O)CNC(=O)C12C[C@@H]3C[C@H](CC(Cl)(C3)C1)C2. The summed E-state index contributed by atoms with van der Waals surface area (Å²) in [6, 6.07) is -0.616. The molecule has 6 nitrogen and oxygen atoms in total. The van der Waals surface area contributed by atoms with Crippen molar-refractivity contribution in [3.05, 3.63) is 0 Å². The minimum Gasteiger partial charge on any atom is -0.355 e. The first kappa shape index (κ1) is 18.5. The fourth-order valence-electron chi connectivity index (χ4n) is 5.45. The molecule has 4 bridgehead atoms. The maximum atomic E-state index is 12.8. The number of amides is 3. The van der Waals surface area contributed by atoms with Crippen molar-refractivity contribution in [2.75, 3.05) is 13.1 Å². The van der Waals surface area contributed by atoms with Crippen molar-refractivity contribution < 1.29 is 14.4 Å². The maximum absolute atomic E-state index is 12.8. The summed E-state index contributed by atoms with van der Waals surface area (Å²) >= 11 is 6.76. The van der Waals surface area contributed by atoms with Gasteiger partial charge in [0.2, 0.25) is 17.7 Å². The predicted octanol–water partition coefficient (Wildman–Crippen LogP) is 1.32. The average molecular weight is 370 g/mol. The largest absolute Gasteiger partial charge is 0.355 e. The van der Waals surface area contributed by atoms with Gasteiger partial charge in [0.15, 0.2) is 0 Å². The zero-order valence-electron chi connectivity index (χ0n) is 15.0. The van der Waals surface area contributed by atoms with Gasteiger partial charge < -0.3 is 16.0 Å². The van der Waals surface area contributed by atoms with Gasteiger partial charge in [-0.25, -0.2) is 0 Å². The topological polar surface area (TPSA) is 87.3 Å². The van der Waals surface area contributed by atoms with Gasteiger partial charge in [-0.1, -0.05) is 0 Å². The van der Waals surface area contributed by atoms with E-state index >= 15 is 0 Å². The monoisotopic (exact) mass is 369 g/mol. The number of carbonyl (C=O) groups excluding carboxylic acids is 3. The Morgan fingerprint density at radius 1 is 1.12 bits per heavy atom. The molecule has 140 valence electrons. The zero-order chi connectivity index (χ0) is 18.2. The van der Waals surface area contributed by atoms with Crippen LogP contribution >= 0.6 is 11.6 Å². The van der Waals surface area contributed by atoms with Crippen molar-refractivity contribution in [2.24, 2.45) is 17.3 Å². The van der Waals surface area contributed by atoms with E-state index in [2.05, 4.69) is 16.0 Å². The molecule has 4 aliphatic rings. The number of carbonyl (C=O) groups is 3. The highest BCUT2D eigenvalue weighted by Crippen LogP contribution is 2.63. The fraction of sp³-hybridized carbons (Fsp3) is 0.833. The third kappa shape index (κ3) is 3.78. The number of nitrogens with one attached hydrogen (secondary N) is 3. The van der Waals surface area contributed by atoms with Gasteiger partial charge in [0, 0.05) is 11.4 Å². The molecule has 4 aliphatic carbocycles. The number of hydrogen-bond donors (Lipinski definition) is 3. The Morgan fingerprint density at radius 3 is 2.32 bits per heavy atom. The summed E-state index contributed by atoms with van der Waals surface area (Å²) in [4.78, 5) is 36.3. The standard InChI is InChI=1S/C18H28ClN3O3/c1-3-20-15(24)11(2)22-14(23)9-21-16(25)17-5-12-4-13(6-17)8-18(19,7-12)10-17/h11-13H,3-10H2,1-2H3,(H,20,24)(H,21,25)(H,22,23)/t11-,12-,13-,17?,18?/m0/s1. The number of hydrogen-bond acceptors (Lipinski definition) is 3. The molecule has 4 rings (SSSR count). The van der Waals surface area contributed by atoms with Crippen LogP contribution in [0.1, 0.15) is 52.4 Å². The number of likely N-dealkylation sites (N-methyl/N-ethyl adjacent to an activating group) is 1. The van der Waals surface area contributed by atoms with E-state index in [0.29, 0.717) is 18.4 Å². The molecule has 0 aromatic rings. The number of halogens is 1. The van der Waals surface area contributed by atoms with Crippen LogP contribution in [0.25, 0.3) is 0 Å². The lowest BCUT2D eigenvalue weighted by atomic mass is 9.49. The molecule has 0 spiro atoms. The van der Waals surface area contributed by atoms with Crippen molar-refractivity contribution in [2.45, 2.75) is 63.3 Å². The second kappa shape index (κ2) is 6.78. The van der Waals surface area contributed by atoms with Crippen LogP contribution in [0.2, 0.25) is 0 Å². The smallest absolute Gasteiger partial charge is 0.242 e. The molecule has 0 aliphatic heterocycles. The zero-order valence-corrected chi connectivity index (χ0v) is 15.7. The van der Waals surface area contributed by atoms with Crippen LogP contribution in [-0.4, -0.2) is 41.7 Å². The summed E-state index contributed by atoms with van der Waals surface area (Å²) in [6.07, 6.45) is 5.72. The Balaban J connectivity index is 1.53. The Bertz CT molecular complexity index is 566. The van der Waals surface area contributed by atoms with E-state index in [4.69, 9.17) is 11.6 Å². The summed E-state index contributed by atoms with van der Waals surface area (Å²) < 4.78 is 0. The van der Waals surface area contributed by atoms with Gasteiger partial charge in [-0.05, 0) is 64.2 Å². The van der Waals surface area contributed by atoms with Crippen molar-refractivity contribution in [1.29, 1.82) is 0 Å². The van der Waals surface area contributed by atoms with Crippen LogP contribution in [0.5, 0.6) is 0 Å².